The Morgan fingerprint density at radius 3 is 2.64 bits per heavy atom. The van der Waals surface area contributed by atoms with Crippen LogP contribution in [0.4, 0.5) is 11.4 Å². The van der Waals surface area contributed by atoms with E-state index in [0.717, 1.165) is 0 Å². The van der Waals surface area contributed by atoms with Gasteiger partial charge in [0, 0.05) is 11.6 Å². The molecule has 1 rings (SSSR count). The zero-order chi connectivity index (χ0) is 10.7. The predicted molar refractivity (Wildman–Crippen MR) is 47.1 cm³/mol. The van der Waals surface area contributed by atoms with E-state index in [4.69, 9.17) is 15.7 Å². The maximum Gasteiger partial charge on any atom is 0.170 e. The Bertz CT molecular complexity index is 384. The number of nitrogens with one attached hydrogen (secondary N) is 2. The molecule has 0 aromatic heterocycles. The molecule has 0 heterocycles. The van der Waals surface area contributed by atoms with Gasteiger partial charge in [0.05, 0.1) is 17.3 Å². The molecule has 0 aliphatic rings. The first-order valence-corrected chi connectivity index (χ1v) is 3.78. The Balaban J connectivity index is 3.36. The van der Waals surface area contributed by atoms with Gasteiger partial charge in [-0.15, -0.1) is 0 Å². The third-order valence-corrected chi connectivity index (χ3v) is 1.89. The molecular weight excluding hydrogens is 186 g/mol. The summed E-state index contributed by atoms with van der Waals surface area (Å²) < 4.78 is 0. The number of nitrogens with zero attached hydrogens (tertiary/aromatic N) is 1. The van der Waals surface area contributed by atoms with Gasteiger partial charge in [-0.05, 0) is 13.0 Å². The van der Waals surface area contributed by atoms with E-state index in [1.54, 1.807) is 6.92 Å². The number of hydrogen-bond acceptors (Lipinski definition) is 5. The van der Waals surface area contributed by atoms with E-state index in [1.165, 1.54) is 12.1 Å². The summed E-state index contributed by atoms with van der Waals surface area (Å²) in [5, 5.41) is 35.7. The molecule has 0 aliphatic heterocycles. The van der Waals surface area contributed by atoms with Crippen LogP contribution < -0.4 is 10.7 Å². The van der Waals surface area contributed by atoms with Gasteiger partial charge in [0.2, 0.25) is 0 Å². The lowest BCUT2D eigenvalue weighted by molar-refractivity contribution is -0.991. The van der Waals surface area contributed by atoms with Gasteiger partial charge in [-0.25, -0.2) is 5.21 Å². The highest BCUT2D eigenvalue weighted by Crippen LogP contribution is 2.20. The number of anilines is 1. The van der Waals surface area contributed by atoms with Crippen LogP contribution in [0.3, 0.4) is 0 Å². The van der Waals surface area contributed by atoms with Crippen LogP contribution in [0.1, 0.15) is 11.1 Å². The zero-order valence-electron chi connectivity index (χ0n) is 7.40. The van der Waals surface area contributed by atoms with Crippen LogP contribution >= 0.6 is 0 Å². The molecule has 1 aromatic rings. The summed E-state index contributed by atoms with van der Waals surface area (Å²) in [4.78, 5) is 0. The molecule has 0 bridgehead atoms. The molecule has 14 heavy (non-hydrogen) atoms. The monoisotopic (exact) mass is 195 g/mol. The maximum absolute atomic E-state index is 10.7. The second-order valence-electron chi connectivity index (χ2n) is 2.73. The van der Waals surface area contributed by atoms with Crippen molar-refractivity contribution in [3.8, 4) is 6.07 Å². The van der Waals surface area contributed by atoms with Crippen molar-refractivity contribution in [1.29, 1.82) is 5.26 Å². The maximum atomic E-state index is 10.7. The van der Waals surface area contributed by atoms with E-state index in [2.05, 4.69) is 0 Å². The van der Waals surface area contributed by atoms with Gasteiger partial charge in [0.1, 0.15) is 0 Å². The SMILES string of the molecule is Cc1c(C#N)cc(NO)cc1[NH+]([O-])O. The molecule has 1 aromatic carbocycles. The van der Waals surface area contributed by atoms with Crippen molar-refractivity contribution in [2.45, 2.75) is 6.92 Å². The van der Waals surface area contributed by atoms with Crippen molar-refractivity contribution >= 4 is 11.4 Å². The molecule has 6 heteroatoms. The second-order valence-corrected chi connectivity index (χ2v) is 2.73. The summed E-state index contributed by atoms with van der Waals surface area (Å²) in [6, 6.07) is 4.49. The van der Waals surface area contributed by atoms with Crippen molar-refractivity contribution in [3.63, 3.8) is 0 Å². The summed E-state index contributed by atoms with van der Waals surface area (Å²) in [6.45, 7) is 1.54. The number of hydrogen-bond donors (Lipinski definition) is 4. The Morgan fingerprint density at radius 1 is 1.57 bits per heavy atom. The summed E-state index contributed by atoms with van der Waals surface area (Å²) in [5.41, 5.74) is 2.61. The minimum Gasteiger partial charge on any atom is -0.595 e. The minimum atomic E-state index is -1.13. The third kappa shape index (κ3) is 1.81. The Labute approximate surface area is 80.1 Å². The highest BCUT2D eigenvalue weighted by Gasteiger charge is 2.11. The third-order valence-electron chi connectivity index (χ3n) is 1.89. The van der Waals surface area contributed by atoms with Crippen molar-refractivity contribution < 1.29 is 15.6 Å². The molecule has 4 N–H and O–H groups in total. The highest BCUT2D eigenvalue weighted by molar-refractivity contribution is 5.60. The van der Waals surface area contributed by atoms with E-state index in [-0.39, 0.29) is 16.9 Å². The van der Waals surface area contributed by atoms with E-state index in [9.17, 15) is 5.21 Å². The molecule has 74 valence electrons. The molecular formula is C8H9N3O3. The van der Waals surface area contributed by atoms with Gasteiger partial charge >= 0.3 is 0 Å². The van der Waals surface area contributed by atoms with Crippen molar-refractivity contribution in [3.05, 3.63) is 28.5 Å². The Hall–Kier alpha value is -1.65. The fourth-order valence-corrected chi connectivity index (χ4v) is 1.12. The first-order chi connectivity index (χ1) is 6.60. The van der Waals surface area contributed by atoms with Crippen LogP contribution in [0.15, 0.2) is 12.1 Å². The van der Waals surface area contributed by atoms with E-state index in [0.29, 0.717) is 5.56 Å². The number of rotatable bonds is 2. The quantitative estimate of drug-likeness (QED) is 0.500. The van der Waals surface area contributed by atoms with Crippen molar-refractivity contribution in [2.75, 3.05) is 5.48 Å². The molecule has 0 amide bonds. The molecule has 0 saturated carbocycles. The molecule has 0 fully saturated rings. The molecule has 0 aliphatic carbocycles. The van der Waals surface area contributed by atoms with Crippen LogP contribution in [0.25, 0.3) is 0 Å². The predicted octanol–water partition coefficient (Wildman–Crippen LogP) is 0.0712. The van der Waals surface area contributed by atoms with Gasteiger partial charge in [-0.3, -0.25) is 10.7 Å². The zero-order valence-corrected chi connectivity index (χ0v) is 7.40. The average molecular weight is 195 g/mol. The van der Waals surface area contributed by atoms with Crippen LogP contribution in [0.2, 0.25) is 0 Å². The summed E-state index contributed by atoms with van der Waals surface area (Å²) in [6.07, 6.45) is 0. The standard InChI is InChI=1S/C8H9N3O3/c1-5-6(4-9)2-7(10-12)3-8(5)11(13)14/h2-3,10-13H,1H3. The molecule has 0 spiro atoms. The lowest BCUT2D eigenvalue weighted by atomic mass is 10.1. The molecule has 0 radical (unpaired) electrons. The minimum absolute atomic E-state index is 0.000556. The van der Waals surface area contributed by atoms with E-state index >= 15 is 0 Å². The van der Waals surface area contributed by atoms with Crippen molar-refractivity contribution in [2.24, 2.45) is 0 Å². The fourth-order valence-electron chi connectivity index (χ4n) is 1.12. The van der Waals surface area contributed by atoms with Gasteiger partial charge in [-0.2, -0.15) is 10.5 Å². The Morgan fingerprint density at radius 2 is 2.21 bits per heavy atom. The van der Waals surface area contributed by atoms with Gasteiger partial charge in [0.15, 0.2) is 5.69 Å². The highest BCUT2D eigenvalue weighted by atomic mass is 16.8. The smallest absolute Gasteiger partial charge is 0.170 e. The normalized spacial score (nSPS) is 11.9. The molecule has 0 saturated heterocycles. The number of benzene rings is 1. The molecule has 6 nitrogen and oxygen atoms in total. The van der Waals surface area contributed by atoms with Crippen LogP contribution in [-0.4, -0.2) is 10.4 Å². The summed E-state index contributed by atoms with van der Waals surface area (Å²) >= 11 is 0. The van der Waals surface area contributed by atoms with E-state index in [1.807, 2.05) is 11.5 Å². The second kappa shape index (κ2) is 4.04. The molecule has 1 unspecified atom stereocenters. The van der Waals surface area contributed by atoms with Crippen LogP contribution in [0, 0.1) is 23.5 Å². The van der Waals surface area contributed by atoms with Crippen LogP contribution in [0.5, 0.6) is 0 Å². The van der Waals surface area contributed by atoms with Crippen LogP contribution in [-0.2, 0) is 0 Å². The van der Waals surface area contributed by atoms with Gasteiger partial charge < -0.3 is 5.21 Å². The summed E-state index contributed by atoms with van der Waals surface area (Å²) in [5.74, 6) is 0. The first-order valence-electron chi connectivity index (χ1n) is 3.78. The van der Waals surface area contributed by atoms with Gasteiger partial charge in [0.25, 0.3) is 0 Å². The fraction of sp³-hybridized carbons (Fsp3) is 0.125. The van der Waals surface area contributed by atoms with E-state index < -0.39 is 5.23 Å². The van der Waals surface area contributed by atoms with Gasteiger partial charge in [-0.1, -0.05) is 0 Å². The topological polar surface area (TPSA) is 104 Å². The number of nitriles is 1. The molecule has 1 atom stereocenters. The largest absolute Gasteiger partial charge is 0.595 e. The average Bonchev–Trinajstić information content (AvgIpc) is 2.17. The lowest BCUT2D eigenvalue weighted by Crippen LogP contribution is -2.99. The lowest BCUT2D eigenvalue weighted by Gasteiger charge is -2.15. The summed E-state index contributed by atoms with van der Waals surface area (Å²) in [7, 11) is 0. The first kappa shape index (κ1) is 10.4. The Kier molecular flexibility index (Phi) is 3.01. The van der Waals surface area contributed by atoms with Crippen molar-refractivity contribution in [1.82, 2.24) is 0 Å². The number of quaternary nitrogens is 1.